The number of hydrogen-bond donors (Lipinski definition) is 1. The summed E-state index contributed by atoms with van der Waals surface area (Å²) in [4.78, 5) is 6.74. The maximum atomic E-state index is 5.81. The van der Waals surface area contributed by atoms with Gasteiger partial charge in [0.2, 0.25) is 0 Å². The van der Waals surface area contributed by atoms with E-state index in [1.165, 1.54) is 0 Å². The van der Waals surface area contributed by atoms with Gasteiger partial charge in [-0.15, -0.1) is 0 Å². The van der Waals surface area contributed by atoms with Crippen molar-refractivity contribution in [2.45, 2.75) is 32.4 Å². The molecule has 1 atom stereocenters. The molecule has 1 aliphatic rings. The molecule has 17 heavy (non-hydrogen) atoms. The number of pyridine rings is 1. The molecule has 94 valence electrons. The summed E-state index contributed by atoms with van der Waals surface area (Å²) < 4.78 is 5.69. The fourth-order valence-corrected chi connectivity index (χ4v) is 2.07. The molecule has 4 heteroatoms. The van der Waals surface area contributed by atoms with Crippen LogP contribution in [0.25, 0.3) is 0 Å². The molecule has 0 aliphatic carbocycles. The van der Waals surface area contributed by atoms with E-state index >= 15 is 0 Å². The number of hydrogen-bond acceptors (Lipinski definition) is 4. The first-order chi connectivity index (χ1) is 7.98. The zero-order chi connectivity index (χ0) is 12.5. The van der Waals surface area contributed by atoms with Crippen molar-refractivity contribution in [1.29, 1.82) is 0 Å². The predicted molar refractivity (Wildman–Crippen MR) is 69.1 cm³/mol. The van der Waals surface area contributed by atoms with Gasteiger partial charge in [0.15, 0.2) is 0 Å². The first kappa shape index (κ1) is 12.3. The van der Waals surface area contributed by atoms with Crippen LogP contribution in [0.5, 0.6) is 0 Å². The predicted octanol–water partition coefficient (Wildman–Crippen LogP) is 1.72. The Morgan fingerprint density at radius 3 is 2.76 bits per heavy atom. The molecule has 0 radical (unpaired) electrons. The monoisotopic (exact) mass is 235 g/mol. The lowest BCUT2D eigenvalue weighted by Gasteiger charge is -2.38. The fourth-order valence-electron chi connectivity index (χ4n) is 2.07. The number of rotatable bonds is 2. The zero-order valence-corrected chi connectivity index (χ0v) is 10.8. The molecule has 1 saturated heterocycles. The van der Waals surface area contributed by atoms with Crippen molar-refractivity contribution in [3.8, 4) is 0 Å². The molecule has 0 amide bonds. The lowest BCUT2D eigenvalue weighted by Crippen LogP contribution is -2.48. The van der Waals surface area contributed by atoms with E-state index in [2.05, 4.69) is 29.8 Å². The smallest absolute Gasteiger partial charge is 0.128 e. The molecule has 1 fully saturated rings. The number of ether oxygens (including phenoxy) is 1. The Hall–Kier alpha value is -1.13. The maximum absolute atomic E-state index is 5.81. The van der Waals surface area contributed by atoms with Crippen LogP contribution >= 0.6 is 0 Å². The Labute approximate surface area is 103 Å². The molecule has 0 bridgehead atoms. The minimum absolute atomic E-state index is 0.0395. The third-order valence-electron chi connectivity index (χ3n) is 3.05. The van der Waals surface area contributed by atoms with E-state index in [4.69, 9.17) is 10.5 Å². The maximum Gasteiger partial charge on any atom is 0.128 e. The van der Waals surface area contributed by atoms with Gasteiger partial charge >= 0.3 is 0 Å². The highest BCUT2D eigenvalue weighted by Gasteiger charge is 2.27. The summed E-state index contributed by atoms with van der Waals surface area (Å²) in [6.45, 7) is 8.70. The Balaban J connectivity index is 2.12. The van der Waals surface area contributed by atoms with Crippen molar-refractivity contribution in [3.63, 3.8) is 0 Å². The number of nitrogens with zero attached hydrogens (tertiary/aromatic N) is 2. The van der Waals surface area contributed by atoms with Crippen molar-refractivity contribution in [1.82, 2.24) is 4.98 Å². The average molecular weight is 235 g/mol. The summed E-state index contributed by atoms with van der Waals surface area (Å²) in [5.41, 5.74) is 6.78. The highest BCUT2D eigenvalue weighted by atomic mass is 16.5. The number of nitrogens with two attached hydrogens (primary N) is 1. The Morgan fingerprint density at radius 2 is 2.24 bits per heavy atom. The van der Waals surface area contributed by atoms with Crippen molar-refractivity contribution < 1.29 is 4.74 Å². The standard InChI is InChI=1S/C13H21N3O/c1-10(14)11-4-5-12(15-8-11)16-6-7-17-13(2,3)9-16/h4-5,8,10H,6-7,9,14H2,1-3H3/t10-/m1/s1. The fraction of sp³-hybridized carbons (Fsp3) is 0.615. The van der Waals surface area contributed by atoms with Crippen LogP contribution in [0, 0.1) is 0 Å². The molecule has 1 aliphatic heterocycles. The van der Waals surface area contributed by atoms with Crippen LogP contribution in [0.15, 0.2) is 18.3 Å². The van der Waals surface area contributed by atoms with Crippen LogP contribution in [0.1, 0.15) is 32.4 Å². The first-order valence-electron chi connectivity index (χ1n) is 6.08. The second kappa shape index (κ2) is 4.63. The van der Waals surface area contributed by atoms with Gasteiger partial charge in [-0.05, 0) is 32.4 Å². The normalized spacial score (nSPS) is 21.3. The van der Waals surface area contributed by atoms with Crippen LogP contribution in [-0.4, -0.2) is 30.3 Å². The second-order valence-electron chi connectivity index (χ2n) is 5.27. The summed E-state index contributed by atoms with van der Waals surface area (Å²) in [5.74, 6) is 1.01. The van der Waals surface area contributed by atoms with Crippen LogP contribution in [0.3, 0.4) is 0 Å². The van der Waals surface area contributed by atoms with Gasteiger partial charge in [0.1, 0.15) is 5.82 Å². The van der Waals surface area contributed by atoms with Crippen molar-refractivity contribution in [3.05, 3.63) is 23.9 Å². The highest BCUT2D eigenvalue weighted by molar-refractivity contribution is 5.40. The van der Waals surface area contributed by atoms with E-state index in [0.717, 1.165) is 31.1 Å². The van der Waals surface area contributed by atoms with E-state index in [9.17, 15) is 0 Å². The molecule has 4 nitrogen and oxygen atoms in total. The summed E-state index contributed by atoms with van der Waals surface area (Å²) in [7, 11) is 0. The van der Waals surface area contributed by atoms with Crippen LogP contribution < -0.4 is 10.6 Å². The van der Waals surface area contributed by atoms with Crippen molar-refractivity contribution >= 4 is 5.82 Å². The van der Waals surface area contributed by atoms with E-state index in [0.29, 0.717) is 0 Å². The summed E-state index contributed by atoms with van der Waals surface area (Å²) in [5, 5.41) is 0. The van der Waals surface area contributed by atoms with Crippen LogP contribution in [0.4, 0.5) is 5.82 Å². The van der Waals surface area contributed by atoms with Crippen LogP contribution in [-0.2, 0) is 4.74 Å². The minimum Gasteiger partial charge on any atom is -0.372 e. The van der Waals surface area contributed by atoms with E-state index in [1.54, 1.807) is 0 Å². The molecule has 0 unspecified atom stereocenters. The van der Waals surface area contributed by atoms with Crippen molar-refractivity contribution in [2.24, 2.45) is 5.73 Å². The van der Waals surface area contributed by atoms with Gasteiger partial charge in [-0.3, -0.25) is 0 Å². The molecule has 0 aromatic carbocycles. The SMILES string of the molecule is C[C@@H](N)c1ccc(N2CCOC(C)(C)C2)nc1. The molecule has 2 rings (SSSR count). The molecule has 2 heterocycles. The van der Waals surface area contributed by atoms with Gasteiger partial charge in [0.25, 0.3) is 0 Å². The van der Waals surface area contributed by atoms with E-state index in [1.807, 2.05) is 19.2 Å². The molecule has 1 aromatic rings. The minimum atomic E-state index is -0.0975. The van der Waals surface area contributed by atoms with Gasteiger partial charge in [-0.25, -0.2) is 4.98 Å². The summed E-state index contributed by atoms with van der Waals surface area (Å²) >= 11 is 0. The number of anilines is 1. The van der Waals surface area contributed by atoms with Gasteiger partial charge < -0.3 is 15.4 Å². The highest BCUT2D eigenvalue weighted by Crippen LogP contribution is 2.22. The van der Waals surface area contributed by atoms with Gasteiger partial charge in [-0.1, -0.05) is 6.07 Å². The molecular weight excluding hydrogens is 214 g/mol. The topological polar surface area (TPSA) is 51.4 Å². The van der Waals surface area contributed by atoms with Gasteiger partial charge in [0, 0.05) is 25.3 Å². The molecule has 2 N–H and O–H groups in total. The average Bonchev–Trinajstić information content (AvgIpc) is 2.28. The van der Waals surface area contributed by atoms with Gasteiger partial charge in [-0.2, -0.15) is 0 Å². The van der Waals surface area contributed by atoms with Crippen LogP contribution in [0.2, 0.25) is 0 Å². The third kappa shape index (κ3) is 2.96. The quantitative estimate of drug-likeness (QED) is 0.848. The van der Waals surface area contributed by atoms with E-state index < -0.39 is 0 Å². The Morgan fingerprint density at radius 1 is 1.47 bits per heavy atom. The molecule has 1 aromatic heterocycles. The lowest BCUT2D eigenvalue weighted by molar-refractivity contribution is -0.0279. The third-order valence-corrected chi connectivity index (χ3v) is 3.05. The molecule has 0 spiro atoms. The van der Waals surface area contributed by atoms with Crippen molar-refractivity contribution in [2.75, 3.05) is 24.6 Å². The largest absolute Gasteiger partial charge is 0.372 e. The molecular formula is C13H21N3O. The summed E-state index contributed by atoms with van der Waals surface area (Å²) in [6.07, 6.45) is 1.86. The van der Waals surface area contributed by atoms with E-state index in [-0.39, 0.29) is 11.6 Å². The zero-order valence-electron chi connectivity index (χ0n) is 10.8. The molecule has 0 saturated carbocycles. The summed E-state index contributed by atoms with van der Waals surface area (Å²) in [6, 6.07) is 4.13. The Kier molecular flexibility index (Phi) is 3.35. The Bertz CT molecular complexity index is 373. The second-order valence-corrected chi connectivity index (χ2v) is 5.27. The first-order valence-corrected chi connectivity index (χ1v) is 6.08. The lowest BCUT2D eigenvalue weighted by atomic mass is 10.1. The number of aromatic nitrogens is 1. The number of morpholine rings is 1. The van der Waals surface area contributed by atoms with Gasteiger partial charge in [0.05, 0.1) is 12.2 Å².